The molecule has 0 radical (unpaired) electrons. The maximum atomic E-state index is 5.76. The molecular formula is C17H18N2. The Bertz CT molecular complexity index is 652. The van der Waals surface area contributed by atoms with Crippen LogP contribution in [-0.2, 0) is 0 Å². The summed E-state index contributed by atoms with van der Waals surface area (Å²) in [6.07, 6.45) is 0. The number of fused-ring (bicyclic) bond motifs is 1. The number of aryl methyl sites for hydroxylation is 1. The first kappa shape index (κ1) is 13.0. The third kappa shape index (κ3) is 3.49. The smallest absolute Gasteiger partial charge is 0.0393 e. The van der Waals surface area contributed by atoms with Crippen molar-refractivity contribution >= 4 is 22.1 Å². The zero-order valence-electron chi connectivity index (χ0n) is 11.0. The van der Waals surface area contributed by atoms with Crippen molar-refractivity contribution < 1.29 is 0 Å². The molecule has 0 saturated carbocycles. The van der Waals surface area contributed by atoms with Crippen LogP contribution >= 0.6 is 0 Å². The monoisotopic (exact) mass is 250 g/mol. The third-order valence-corrected chi connectivity index (χ3v) is 2.87. The lowest BCUT2D eigenvalue weighted by molar-refractivity contribution is 1.47. The van der Waals surface area contributed by atoms with E-state index < -0.39 is 0 Å². The Labute approximate surface area is 113 Å². The fraction of sp³-hybridized carbons (Fsp3) is 0.0588. The Morgan fingerprint density at radius 2 is 1.42 bits per heavy atom. The van der Waals surface area contributed by atoms with Gasteiger partial charge in [0, 0.05) is 16.8 Å². The first-order chi connectivity index (χ1) is 9.16. The van der Waals surface area contributed by atoms with Crippen LogP contribution in [0.2, 0.25) is 0 Å². The molecule has 3 rings (SSSR count). The quantitative estimate of drug-likeness (QED) is 0.592. The summed E-state index contributed by atoms with van der Waals surface area (Å²) >= 11 is 0. The van der Waals surface area contributed by atoms with Gasteiger partial charge in [-0.25, -0.2) is 0 Å². The van der Waals surface area contributed by atoms with Crippen molar-refractivity contribution in [1.29, 1.82) is 0 Å². The van der Waals surface area contributed by atoms with Crippen LogP contribution in [0, 0.1) is 6.92 Å². The largest absolute Gasteiger partial charge is 0.399 e. The maximum Gasteiger partial charge on any atom is 0.0393 e. The van der Waals surface area contributed by atoms with E-state index in [2.05, 4.69) is 12.1 Å². The van der Waals surface area contributed by atoms with E-state index in [0.717, 1.165) is 16.8 Å². The average Bonchev–Trinajstić information content (AvgIpc) is 2.40. The molecule has 0 bridgehead atoms. The molecule has 2 nitrogen and oxygen atoms in total. The van der Waals surface area contributed by atoms with E-state index in [4.69, 9.17) is 11.5 Å². The van der Waals surface area contributed by atoms with Crippen LogP contribution in [0.25, 0.3) is 10.8 Å². The Balaban J connectivity index is 0.000000148. The molecule has 0 aliphatic rings. The van der Waals surface area contributed by atoms with Crippen LogP contribution in [0.5, 0.6) is 0 Å². The summed E-state index contributed by atoms with van der Waals surface area (Å²) in [4.78, 5) is 0. The molecule has 3 aromatic carbocycles. The molecular weight excluding hydrogens is 232 g/mol. The van der Waals surface area contributed by atoms with Crippen LogP contribution in [0.15, 0.2) is 66.7 Å². The van der Waals surface area contributed by atoms with Gasteiger partial charge in [-0.05, 0) is 36.1 Å². The van der Waals surface area contributed by atoms with E-state index in [1.807, 2.05) is 61.5 Å². The van der Waals surface area contributed by atoms with Crippen LogP contribution in [0.3, 0.4) is 0 Å². The SMILES string of the molecule is Cc1cccc(N)c1.Nc1cccc2ccccc12. The van der Waals surface area contributed by atoms with Gasteiger partial charge < -0.3 is 11.5 Å². The van der Waals surface area contributed by atoms with Crippen molar-refractivity contribution in [3.8, 4) is 0 Å². The van der Waals surface area contributed by atoms with Crippen LogP contribution < -0.4 is 11.5 Å². The Morgan fingerprint density at radius 3 is 2.05 bits per heavy atom. The molecule has 0 aliphatic carbocycles. The van der Waals surface area contributed by atoms with Gasteiger partial charge in [0.1, 0.15) is 0 Å². The second-order valence-electron chi connectivity index (χ2n) is 4.48. The fourth-order valence-electron chi connectivity index (χ4n) is 1.92. The lowest BCUT2D eigenvalue weighted by Gasteiger charge is -1.98. The summed E-state index contributed by atoms with van der Waals surface area (Å²) in [5, 5.41) is 2.34. The van der Waals surface area contributed by atoms with Crippen molar-refractivity contribution in [2.24, 2.45) is 0 Å². The zero-order chi connectivity index (χ0) is 13.7. The van der Waals surface area contributed by atoms with E-state index in [1.54, 1.807) is 0 Å². The molecule has 0 amide bonds. The molecule has 0 saturated heterocycles. The Morgan fingerprint density at radius 1 is 0.737 bits per heavy atom. The molecule has 4 N–H and O–H groups in total. The first-order valence-electron chi connectivity index (χ1n) is 6.22. The van der Waals surface area contributed by atoms with Gasteiger partial charge in [-0.1, -0.05) is 48.5 Å². The highest BCUT2D eigenvalue weighted by Crippen LogP contribution is 2.19. The highest BCUT2D eigenvalue weighted by Gasteiger charge is 1.92. The normalized spacial score (nSPS) is 9.74. The molecule has 0 atom stereocenters. The molecule has 96 valence electrons. The van der Waals surface area contributed by atoms with Gasteiger partial charge in [-0.15, -0.1) is 0 Å². The van der Waals surface area contributed by atoms with Gasteiger partial charge in [-0.3, -0.25) is 0 Å². The summed E-state index contributed by atoms with van der Waals surface area (Å²) < 4.78 is 0. The number of rotatable bonds is 0. The molecule has 19 heavy (non-hydrogen) atoms. The summed E-state index contributed by atoms with van der Waals surface area (Å²) in [5.74, 6) is 0. The number of hydrogen-bond donors (Lipinski definition) is 2. The van der Waals surface area contributed by atoms with E-state index in [-0.39, 0.29) is 0 Å². The van der Waals surface area contributed by atoms with Crippen molar-refractivity contribution in [3.63, 3.8) is 0 Å². The molecule has 2 heteroatoms. The van der Waals surface area contributed by atoms with Gasteiger partial charge in [0.15, 0.2) is 0 Å². The highest BCUT2D eigenvalue weighted by atomic mass is 14.5. The van der Waals surface area contributed by atoms with E-state index in [9.17, 15) is 0 Å². The van der Waals surface area contributed by atoms with E-state index in [1.165, 1.54) is 10.9 Å². The van der Waals surface area contributed by atoms with Gasteiger partial charge >= 0.3 is 0 Å². The minimum Gasteiger partial charge on any atom is -0.399 e. The Hall–Kier alpha value is -2.48. The maximum absolute atomic E-state index is 5.76. The minimum atomic E-state index is 0.838. The van der Waals surface area contributed by atoms with Crippen LogP contribution in [0.1, 0.15) is 5.56 Å². The molecule has 3 aromatic rings. The molecule has 0 spiro atoms. The van der Waals surface area contributed by atoms with Crippen molar-refractivity contribution in [2.45, 2.75) is 6.92 Å². The molecule has 0 fully saturated rings. The van der Waals surface area contributed by atoms with E-state index in [0.29, 0.717) is 0 Å². The Kier molecular flexibility index (Phi) is 4.04. The van der Waals surface area contributed by atoms with Crippen LogP contribution in [-0.4, -0.2) is 0 Å². The number of hydrogen-bond acceptors (Lipinski definition) is 2. The number of nitrogen functional groups attached to an aromatic ring is 2. The first-order valence-corrected chi connectivity index (χ1v) is 6.22. The van der Waals surface area contributed by atoms with Crippen molar-refractivity contribution in [1.82, 2.24) is 0 Å². The standard InChI is InChI=1S/C10H9N.C7H9N/c11-10-7-3-5-8-4-1-2-6-9(8)10;1-6-3-2-4-7(8)5-6/h1-7H,11H2;2-5H,8H2,1H3. The molecule has 0 heterocycles. The predicted molar refractivity (Wildman–Crippen MR) is 84.0 cm³/mol. The number of benzene rings is 3. The summed E-state index contributed by atoms with van der Waals surface area (Å²) in [6, 6.07) is 21.9. The topological polar surface area (TPSA) is 52.0 Å². The second kappa shape index (κ2) is 5.91. The van der Waals surface area contributed by atoms with Gasteiger partial charge in [0.25, 0.3) is 0 Å². The summed E-state index contributed by atoms with van der Waals surface area (Å²) in [7, 11) is 0. The third-order valence-electron chi connectivity index (χ3n) is 2.87. The lowest BCUT2D eigenvalue weighted by Crippen LogP contribution is -1.84. The van der Waals surface area contributed by atoms with Gasteiger partial charge in [-0.2, -0.15) is 0 Å². The van der Waals surface area contributed by atoms with Crippen molar-refractivity contribution in [2.75, 3.05) is 11.5 Å². The number of nitrogens with two attached hydrogens (primary N) is 2. The minimum absolute atomic E-state index is 0.838. The summed E-state index contributed by atoms with van der Waals surface area (Å²) in [5.41, 5.74) is 14.1. The average molecular weight is 250 g/mol. The van der Waals surface area contributed by atoms with Gasteiger partial charge in [0.2, 0.25) is 0 Å². The predicted octanol–water partition coefficient (Wildman–Crippen LogP) is 4.00. The van der Waals surface area contributed by atoms with Crippen molar-refractivity contribution in [3.05, 3.63) is 72.3 Å². The second-order valence-corrected chi connectivity index (χ2v) is 4.48. The van der Waals surface area contributed by atoms with Crippen LogP contribution in [0.4, 0.5) is 11.4 Å². The molecule has 0 aromatic heterocycles. The highest BCUT2D eigenvalue weighted by molar-refractivity contribution is 5.92. The van der Waals surface area contributed by atoms with Gasteiger partial charge in [0.05, 0.1) is 0 Å². The fourth-order valence-corrected chi connectivity index (χ4v) is 1.92. The number of anilines is 2. The zero-order valence-corrected chi connectivity index (χ0v) is 11.0. The van der Waals surface area contributed by atoms with E-state index >= 15 is 0 Å². The lowest BCUT2D eigenvalue weighted by atomic mass is 10.1. The molecule has 0 aliphatic heterocycles. The summed E-state index contributed by atoms with van der Waals surface area (Å²) in [6.45, 7) is 2.02. The molecule has 0 unspecified atom stereocenters.